The van der Waals surface area contributed by atoms with E-state index in [-0.39, 0.29) is 5.92 Å². The molecule has 23 heavy (non-hydrogen) atoms. The van der Waals surface area contributed by atoms with E-state index in [9.17, 15) is 5.26 Å². The summed E-state index contributed by atoms with van der Waals surface area (Å²) >= 11 is 0. The zero-order valence-electron chi connectivity index (χ0n) is 14.0. The molecule has 2 aromatic carbocycles. The third-order valence-electron chi connectivity index (χ3n) is 3.83. The quantitative estimate of drug-likeness (QED) is 0.817. The first-order chi connectivity index (χ1) is 11.1. The van der Waals surface area contributed by atoms with Crippen LogP contribution in [-0.4, -0.2) is 28.3 Å². The van der Waals surface area contributed by atoms with E-state index < -0.39 is 0 Å². The molecule has 2 rings (SSSR count). The van der Waals surface area contributed by atoms with E-state index in [1.165, 1.54) is 0 Å². The molecular weight excluding hydrogens is 288 g/mol. The molecular formula is C19H22N2O2. The van der Waals surface area contributed by atoms with Crippen molar-refractivity contribution in [1.82, 2.24) is 0 Å². The number of nitriles is 1. The molecule has 0 amide bonds. The van der Waals surface area contributed by atoms with Gasteiger partial charge < -0.3 is 14.4 Å². The van der Waals surface area contributed by atoms with Gasteiger partial charge in [-0.15, -0.1) is 0 Å². The van der Waals surface area contributed by atoms with Gasteiger partial charge in [-0.3, -0.25) is 0 Å². The maximum atomic E-state index is 9.65. The number of benzene rings is 2. The second-order valence-electron chi connectivity index (χ2n) is 5.56. The summed E-state index contributed by atoms with van der Waals surface area (Å²) in [6.07, 6.45) is 0.627. The Morgan fingerprint density at radius 2 is 1.87 bits per heavy atom. The number of hydrogen-bond donors (Lipinski definition) is 0. The van der Waals surface area contributed by atoms with Crippen LogP contribution in [0.25, 0.3) is 0 Å². The minimum Gasteiger partial charge on any atom is -0.497 e. The first kappa shape index (κ1) is 16.7. The lowest BCUT2D eigenvalue weighted by Crippen LogP contribution is -2.09. The van der Waals surface area contributed by atoms with Crippen molar-refractivity contribution in [3.05, 3.63) is 53.6 Å². The summed E-state index contributed by atoms with van der Waals surface area (Å²) in [5.74, 6) is 1.14. The van der Waals surface area contributed by atoms with Crippen molar-refractivity contribution in [2.75, 3.05) is 33.2 Å². The summed E-state index contributed by atoms with van der Waals surface area (Å²) in [6, 6.07) is 16.2. The average Bonchev–Trinajstić information content (AvgIpc) is 2.59. The van der Waals surface area contributed by atoms with E-state index in [2.05, 4.69) is 23.1 Å². The van der Waals surface area contributed by atoms with Gasteiger partial charge in [-0.05, 0) is 42.3 Å². The van der Waals surface area contributed by atoms with E-state index >= 15 is 0 Å². The van der Waals surface area contributed by atoms with Crippen LogP contribution in [0.2, 0.25) is 0 Å². The molecule has 2 aromatic rings. The summed E-state index contributed by atoms with van der Waals surface area (Å²) < 4.78 is 10.7. The van der Waals surface area contributed by atoms with E-state index in [1.54, 1.807) is 14.2 Å². The smallest absolute Gasteiger partial charge is 0.123 e. The molecule has 0 aliphatic rings. The zero-order valence-corrected chi connectivity index (χ0v) is 14.0. The van der Waals surface area contributed by atoms with Crippen molar-refractivity contribution < 1.29 is 9.47 Å². The molecule has 0 aromatic heterocycles. The largest absolute Gasteiger partial charge is 0.497 e. The molecule has 0 aliphatic heterocycles. The molecule has 4 heteroatoms. The van der Waals surface area contributed by atoms with Gasteiger partial charge in [0.05, 0.1) is 26.2 Å². The number of anilines is 1. The van der Waals surface area contributed by atoms with Crippen LogP contribution in [0.15, 0.2) is 42.5 Å². The number of ether oxygens (including phenoxy) is 2. The molecule has 0 N–H and O–H groups in total. The molecule has 0 saturated heterocycles. The molecule has 1 unspecified atom stereocenters. The molecule has 4 nitrogen and oxygen atoms in total. The maximum absolute atomic E-state index is 9.65. The van der Waals surface area contributed by atoms with Crippen molar-refractivity contribution in [2.45, 2.75) is 12.3 Å². The third-order valence-corrected chi connectivity index (χ3v) is 3.83. The SMILES string of the molecule is COc1ccc(OC)c(C(C#N)Cc2cccc(N(C)C)c2)c1. The van der Waals surface area contributed by atoms with Crippen molar-refractivity contribution in [3.8, 4) is 17.6 Å². The van der Waals surface area contributed by atoms with Gasteiger partial charge >= 0.3 is 0 Å². The number of methoxy groups -OCH3 is 2. The Morgan fingerprint density at radius 3 is 2.48 bits per heavy atom. The van der Waals surface area contributed by atoms with Crippen LogP contribution in [0.5, 0.6) is 11.5 Å². The molecule has 0 radical (unpaired) electrons. The first-order valence-electron chi connectivity index (χ1n) is 7.46. The van der Waals surface area contributed by atoms with Crippen LogP contribution < -0.4 is 14.4 Å². The standard InChI is InChI=1S/C19H22N2O2/c1-21(2)16-7-5-6-14(11-16)10-15(13-20)18-12-17(22-3)8-9-19(18)23-4/h5-9,11-12,15H,10H2,1-4H3. The fourth-order valence-corrected chi connectivity index (χ4v) is 2.53. The van der Waals surface area contributed by atoms with Crippen molar-refractivity contribution in [3.63, 3.8) is 0 Å². The summed E-state index contributed by atoms with van der Waals surface area (Å²) in [5, 5.41) is 9.65. The topological polar surface area (TPSA) is 45.5 Å². The van der Waals surface area contributed by atoms with Gasteiger partial charge in [-0.1, -0.05) is 12.1 Å². The minimum absolute atomic E-state index is 0.294. The molecule has 0 bridgehead atoms. The Hall–Kier alpha value is -2.67. The summed E-state index contributed by atoms with van der Waals surface area (Å²) in [6.45, 7) is 0. The van der Waals surface area contributed by atoms with Gasteiger partial charge in [0.25, 0.3) is 0 Å². The van der Waals surface area contributed by atoms with Crippen LogP contribution in [0.3, 0.4) is 0 Å². The summed E-state index contributed by atoms with van der Waals surface area (Å²) in [4.78, 5) is 2.05. The van der Waals surface area contributed by atoms with Gasteiger partial charge in [0, 0.05) is 25.3 Å². The van der Waals surface area contributed by atoms with Crippen LogP contribution >= 0.6 is 0 Å². The van der Waals surface area contributed by atoms with E-state index in [1.807, 2.05) is 44.4 Å². The lowest BCUT2D eigenvalue weighted by molar-refractivity contribution is 0.397. The maximum Gasteiger partial charge on any atom is 0.123 e. The Labute approximate surface area is 137 Å². The highest BCUT2D eigenvalue weighted by Crippen LogP contribution is 2.32. The van der Waals surface area contributed by atoms with Crippen molar-refractivity contribution >= 4 is 5.69 Å². The fraction of sp³-hybridized carbons (Fsp3) is 0.316. The summed E-state index contributed by atoms with van der Waals surface area (Å²) in [7, 11) is 7.25. The average molecular weight is 310 g/mol. The molecule has 120 valence electrons. The van der Waals surface area contributed by atoms with Gasteiger partial charge in [0.1, 0.15) is 11.5 Å². The highest BCUT2D eigenvalue weighted by molar-refractivity contribution is 5.49. The Balaban J connectivity index is 2.34. The zero-order chi connectivity index (χ0) is 16.8. The lowest BCUT2D eigenvalue weighted by Gasteiger charge is -2.17. The van der Waals surface area contributed by atoms with Gasteiger partial charge in [0.2, 0.25) is 0 Å². The van der Waals surface area contributed by atoms with E-state index in [4.69, 9.17) is 9.47 Å². The second kappa shape index (κ2) is 7.55. The minimum atomic E-state index is -0.294. The van der Waals surface area contributed by atoms with Gasteiger partial charge in [0.15, 0.2) is 0 Å². The van der Waals surface area contributed by atoms with Gasteiger partial charge in [-0.25, -0.2) is 0 Å². The van der Waals surface area contributed by atoms with E-state index in [0.29, 0.717) is 12.2 Å². The Morgan fingerprint density at radius 1 is 1.09 bits per heavy atom. The molecule has 0 fully saturated rings. The number of nitrogens with zero attached hydrogens (tertiary/aromatic N) is 2. The van der Waals surface area contributed by atoms with Crippen LogP contribution in [-0.2, 0) is 6.42 Å². The normalized spacial score (nSPS) is 11.4. The van der Waals surface area contributed by atoms with Gasteiger partial charge in [-0.2, -0.15) is 5.26 Å². The molecule has 0 aliphatic carbocycles. The number of hydrogen-bond acceptors (Lipinski definition) is 4. The highest BCUT2D eigenvalue weighted by Gasteiger charge is 2.18. The third kappa shape index (κ3) is 3.95. The molecule has 0 spiro atoms. The highest BCUT2D eigenvalue weighted by atomic mass is 16.5. The van der Waals surface area contributed by atoms with Crippen molar-refractivity contribution in [1.29, 1.82) is 5.26 Å². The first-order valence-corrected chi connectivity index (χ1v) is 7.46. The predicted octanol–water partition coefficient (Wildman–Crippen LogP) is 3.62. The van der Waals surface area contributed by atoms with Crippen LogP contribution in [0.4, 0.5) is 5.69 Å². The van der Waals surface area contributed by atoms with Crippen LogP contribution in [0.1, 0.15) is 17.0 Å². The van der Waals surface area contributed by atoms with Crippen LogP contribution in [0, 0.1) is 11.3 Å². The predicted molar refractivity (Wildman–Crippen MR) is 92.4 cm³/mol. The Kier molecular flexibility index (Phi) is 5.48. The van der Waals surface area contributed by atoms with Crippen molar-refractivity contribution in [2.24, 2.45) is 0 Å². The monoisotopic (exact) mass is 310 g/mol. The Bertz CT molecular complexity index is 705. The number of rotatable bonds is 6. The summed E-state index contributed by atoms with van der Waals surface area (Å²) in [5.41, 5.74) is 3.09. The lowest BCUT2D eigenvalue weighted by atomic mass is 9.92. The molecule has 0 heterocycles. The fourth-order valence-electron chi connectivity index (χ4n) is 2.53. The molecule has 0 saturated carbocycles. The van der Waals surface area contributed by atoms with E-state index in [0.717, 1.165) is 22.6 Å². The second-order valence-corrected chi connectivity index (χ2v) is 5.56. The molecule has 1 atom stereocenters.